The fraction of sp³-hybridized carbons (Fsp3) is 0.316. The smallest absolute Gasteiger partial charge is 0.352 e. The van der Waals surface area contributed by atoms with Crippen molar-refractivity contribution in [2.45, 2.75) is 34.3 Å². The maximum absolute atomic E-state index is 12.9. The van der Waals surface area contributed by atoms with Crippen molar-refractivity contribution >= 4 is 53.0 Å². The number of rotatable bonds is 9. The van der Waals surface area contributed by atoms with Crippen LogP contribution in [0.2, 0.25) is 0 Å². The lowest BCUT2D eigenvalue weighted by Crippen LogP contribution is -2.71. The third-order valence-electron chi connectivity index (χ3n) is 5.36. The number of aromatic nitrogens is 4. The standard InChI is InChI=1S/C19H19N7O7S2/c20-9-4-2-1-3-7(9)14(29)15(30)21-12-16(31)26-13(18(32)33)8(6-34-17(12)26)10(5-11(27)28)35-19-22-24-25-23-19/h1-4,10,12,14,17,29H,5-6,20H2,(H,21,30)(H,27,28)(H,32,33)(H,22,23,24,25)/t10?,12?,14?,17-/m0/s1. The molecule has 16 heteroatoms. The number of hydrogen-bond donors (Lipinski definition) is 6. The van der Waals surface area contributed by atoms with Crippen LogP contribution in [-0.2, 0) is 19.2 Å². The van der Waals surface area contributed by atoms with Gasteiger partial charge in [-0.2, -0.15) is 5.21 Å². The zero-order chi connectivity index (χ0) is 25.3. The molecular weight excluding hydrogens is 502 g/mol. The van der Waals surface area contributed by atoms with Gasteiger partial charge in [0.15, 0.2) is 6.10 Å². The fourth-order valence-electron chi connectivity index (χ4n) is 3.75. The molecule has 0 radical (unpaired) electrons. The number of nitrogens with zero attached hydrogens (tertiary/aromatic N) is 4. The van der Waals surface area contributed by atoms with Gasteiger partial charge >= 0.3 is 11.9 Å². The van der Waals surface area contributed by atoms with Crippen LogP contribution in [0.1, 0.15) is 18.1 Å². The number of tetrazole rings is 1. The SMILES string of the molecule is Nc1ccccc1C(O)C(=O)NC1C(=O)N2C(C(=O)O)=C(C(CC(=O)O)Sc3nn[nH]n3)CS[C@@H]12. The molecule has 1 aromatic heterocycles. The van der Waals surface area contributed by atoms with E-state index >= 15 is 0 Å². The van der Waals surface area contributed by atoms with Crippen LogP contribution in [0.15, 0.2) is 40.7 Å². The summed E-state index contributed by atoms with van der Waals surface area (Å²) in [5.74, 6) is -4.06. The number of carboxylic acid groups (broad SMARTS) is 2. The van der Waals surface area contributed by atoms with Gasteiger partial charge in [-0.3, -0.25) is 19.3 Å². The predicted molar refractivity (Wildman–Crippen MR) is 122 cm³/mol. The van der Waals surface area contributed by atoms with E-state index < -0.39 is 52.9 Å². The molecule has 7 N–H and O–H groups in total. The summed E-state index contributed by atoms with van der Waals surface area (Å²) >= 11 is 2.08. The monoisotopic (exact) mass is 521 g/mol. The molecule has 14 nitrogen and oxygen atoms in total. The normalized spacial score (nSPS) is 21.1. The van der Waals surface area contributed by atoms with Gasteiger partial charge in [-0.15, -0.1) is 22.0 Å². The van der Waals surface area contributed by atoms with E-state index in [0.29, 0.717) is 0 Å². The number of nitrogens with one attached hydrogen (secondary N) is 2. The number of aliphatic carboxylic acids is 2. The molecule has 1 fully saturated rings. The van der Waals surface area contributed by atoms with Crippen molar-refractivity contribution in [1.82, 2.24) is 30.8 Å². The lowest BCUT2D eigenvalue weighted by Gasteiger charge is -2.50. The number of nitrogens with two attached hydrogens (primary N) is 1. The second-order valence-corrected chi connectivity index (χ2v) is 9.78. The highest BCUT2D eigenvalue weighted by atomic mass is 32.2. The van der Waals surface area contributed by atoms with Crippen LogP contribution < -0.4 is 11.1 Å². The number of benzene rings is 1. The molecule has 35 heavy (non-hydrogen) atoms. The zero-order valence-corrected chi connectivity index (χ0v) is 19.3. The van der Waals surface area contributed by atoms with E-state index in [1.807, 2.05) is 0 Å². The van der Waals surface area contributed by atoms with Gasteiger partial charge in [-0.05, 0) is 16.9 Å². The maximum Gasteiger partial charge on any atom is 0.352 e. The lowest BCUT2D eigenvalue weighted by molar-refractivity contribution is -0.151. The lowest BCUT2D eigenvalue weighted by atomic mass is 9.99. The van der Waals surface area contributed by atoms with Crippen molar-refractivity contribution in [3.05, 3.63) is 41.1 Å². The van der Waals surface area contributed by atoms with E-state index in [2.05, 4.69) is 25.9 Å². The molecule has 1 saturated heterocycles. The number of carbonyl (C=O) groups excluding carboxylic acids is 2. The van der Waals surface area contributed by atoms with Crippen molar-refractivity contribution in [1.29, 1.82) is 0 Å². The summed E-state index contributed by atoms with van der Waals surface area (Å²) in [4.78, 5) is 50.1. The quantitative estimate of drug-likeness (QED) is 0.135. The van der Waals surface area contributed by atoms with Gasteiger partial charge in [-0.25, -0.2) is 4.79 Å². The number of β-lactam (4-membered cyclic amide) rings is 1. The second-order valence-electron chi connectivity index (χ2n) is 7.51. The molecule has 2 amide bonds. The Labute approximate surface area is 205 Å². The first-order valence-electron chi connectivity index (χ1n) is 10.0. The number of amides is 2. The summed E-state index contributed by atoms with van der Waals surface area (Å²) < 4.78 is 0. The molecule has 0 saturated carbocycles. The topological polar surface area (TPSA) is 225 Å². The van der Waals surface area contributed by atoms with Gasteiger partial charge in [0.1, 0.15) is 17.1 Å². The van der Waals surface area contributed by atoms with Crippen molar-refractivity contribution in [3.8, 4) is 0 Å². The third kappa shape index (κ3) is 4.80. The number of carbonyl (C=O) groups is 4. The molecule has 0 aliphatic carbocycles. The Kier molecular flexibility index (Phi) is 6.95. The summed E-state index contributed by atoms with van der Waals surface area (Å²) in [5.41, 5.74) is 6.04. The minimum Gasteiger partial charge on any atom is -0.481 e. The summed E-state index contributed by atoms with van der Waals surface area (Å²) in [6.07, 6.45) is -2.06. The summed E-state index contributed by atoms with van der Waals surface area (Å²) in [6.45, 7) is 0. The summed E-state index contributed by atoms with van der Waals surface area (Å²) in [6, 6.07) is 5.16. The Morgan fingerprint density at radius 1 is 1.31 bits per heavy atom. The highest BCUT2D eigenvalue weighted by molar-refractivity contribution is 8.01. The van der Waals surface area contributed by atoms with Crippen LogP contribution in [0, 0.1) is 0 Å². The number of aliphatic hydroxyl groups excluding tert-OH is 1. The minimum atomic E-state index is -1.62. The molecule has 4 atom stereocenters. The maximum atomic E-state index is 12.9. The number of fused-ring (bicyclic) bond motifs is 1. The first kappa shape index (κ1) is 24.5. The number of carboxylic acids is 2. The van der Waals surface area contributed by atoms with E-state index in [9.17, 15) is 34.5 Å². The van der Waals surface area contributed by atoms with E-state index in [-0.39, 0.29) is 33.4 Å². The van der Waals surface area contributed by atoms with E-state index in [4.69, 9.17) is 5.73 Å². The molecule has 3 unspecified atom stereocenters. The van der Waals surface area contributed by atoms with Crippen molar-refractivity contribution in [2.24, 2.45) is 0 Å². The van der Waals surface area contributed by atoms with Crippen LogP contribution in [0.5, 0.6) is 0 Å². The largest absolute Gasteiger partial charge is 0.481 e. The fourth-order valence-corrected chi connectivity index (χ4v) is 6.28. The minimum absolute atomic E-state index is 0.0828. The molecule has 2 aliphatic rings. The molecular formula is C19H19N7O7S2. The Bertz CT molecular complexity index is 1210. The van der Waals surface area contributed by atoms with Crippen molar-refractivity contribution in [2.75, 3.05) is 11.5 Å². The molecule has 0 spiro atoms. The first-order chi connectivity index (χ1) is 16.7. The Hall–Kier alpha value is -3.63. The third-order valence-corrected chi connectivity index (χ3v) is 7.78. The number of thioether (sulfide) groups is 2. The average molecular weight is 522 g/mol. The summed E-state index contributed by atoms with van der Waals surface area (Å²) in [5, 5.41) is 43.7. The molecule has 184 valence electrons. The number of hydrogen-bond acceptors (Lipinski definition) is 11. The number of aromatic amines is 1. The Morgan fingerprint density at radius 3 is 2.69 bits per heavy atom. The first-order valence-corrected chi connectivity index (χ1v) is 12.0. The molecule has 2 aromatic rings. The number of aliphatic hydroxyl groups is 1. The number of H-pyrrole nitrogens is 1. The average Bonchev–Trinajstić information content (AvgIpc) is 3.33. The molecule has 2 aliphatic heterocycles. The van der Waals surface area contributed by atoms with Gasteiger partial charge < -0.3 is 26.4 Å². The number of para-hydroxylation sites is 1. The van der Waals surface area contributed by atoms with Gasteiger partial charge in [0.05, 0.1) is 6.42 Å². The van der Waals surface area contributed by atoms with E-state index in [0.717, 1.165) is 16.7 Å². The van der Waals surface area contributed by atoms with Gasteiger partial charge in [0.2, 0.25) is 5.16 Å². The molecule has 0 bridgehead atoms. The van der Waals surface area contributed by atoms with E-state index in [1.165, 1.54) is 23.9 Å². The van der Waals surface area contributed by atoms with Gasteiger partial charge in [-0.1, -0.05) is 30.0 Å². The predicted octanol–water partition coefficient (Wildman–Crippen LogP) is -0.810. The van der Waals surface area contributed by atoms with Crippen LogP contribution in [-0.4, -0.2) is 87.0 Å². The number of nitrogen functional groups attached to an aromatic ring is 1. The van der Waals surface area contributed by atoms with Crippen LogP contribution in [0.4, 0.5) is 5.69 Å². The molecule has 1 aromatic carbocycles. The van der Waals surface area contributed by atoms with Gasteiger partial charge in [0, 0.05) is 22.3 Å². The van der Waals surface area contributed by atoms with Crippen molar-refractivity contribution in [3.63, 3.8) is 0 Å². The molecule has 3 heterocycles. The zero-order valence-electron chi connectivity index (χ0n) is 17.7. The Morgan fingerprint density at radius 2 is 2.06 bits per heavy atom. The van der Waals surface area contributed by atoms with E-state index in [1.54, 1.807) is 12.1 Å². The highest BCUT2D eigenvalue weighted by Gasteiger charge is 2.55. The summed E-state index contributed by atoms with van der Waals surface area (Å²) in [7, 11) is 0. The Balaban J connectivity index is 1.55. The van der Waals surface area contributed by atoms with Crippen LogP contribution in [0.25, 0.3) is 0 Å². The molecule has 4 rings (SSSR count). The van der Waals surface area contributed by atoms with Crippen LogP contribution in [0.3, 0.4) is 0 Å². The highest BCUT2D eigenvalue weighted by Crippen LogP contribution is 2.44. The van der Waals surface area contributed by atoms with Gasteiger partial charge in [0.25, 0.3) is 11.8 Å². The number of anilines is 1. The van der Waals surface area contributed by atoms with Crippen LogP contribution >= 0.6 is 23.5 Å². The van der Waals surface area contributed by atoms with Crippen molar-refractivity contribution < 1.29 is 34.5 Å². The second kappa shape index (κ2) is 9.93.